The average molecular weight is 507 g/mol. The predicted molar refractivity (Wildman–Crippen MR) is 136 cm³/mol. The molecule has 2 aromatic heterocycles. The first-order chi connectivity index (χ1) is 18.1. The molecule has 0 radical (unpaired) electrons. The van der Waals surface area contributed by atoms with Gasteiger partial charge in [0.15, 0.2) is 0 Å². The van der Waals surface area contributed by atoms with Crippen LogP contribution in [0.15, 0.2) is 47.8 Å². The van der Waals surface area contributed by atoms with Gasteiger partial charge in [-0.1, -0.05) is 11.2 Å². The van der Waals surface area contributed by atoms with Crippen LogP contribution in [0.5, 0.6) is 5.75 Å². The summed E-state index contributed by atoms with van der Waals surface area (Å²) in [6.07, 6.45) is 11.3. The Morgan fingerprint density at radius 3 is 2.70 bits per heavy atom. The number of rotatable bonds is 11. The highest BCUT2D eigenvalue weighted by Gasteiger charge is 2.30. The standard InChI is InChI=1S/C27H31FN6O3/c1-2-11-29-25(35)22-8-7-21(15-23(22)28)36-14-3-4-18-9-12-34(13-10-18)27-30-16-20(17-31-27)24-32-26(37-33-24)19-5-6-19/h2,7-8,15-19H,1,3-6,9-14H2,(H,29,35). The first-order valence-electron chi connectivity index (χ1n) is 12.8. The third-order valence-electron chi connectivity index (χ3n) is 6.78. The molecule has 2 aliphatic rings. The van der Waals surface area contributed by atoms with Crippen LogP contribution in [0.4, 0.5) is 10.3 Å². The van der Waals surface area contributed by atoms with Crippen LogP contribution in [-0.2, 0) is 0 Å². The lowest BCUT2D eigenvalue weighted by Gasteiger charge is -2.32. The number of halogens is 1. The molecule has 1 N–H and O–H groups in total. The van der Waals surface area contributed by atoms with Crippen LogP contribution in [0.25, 0.3) is 11.4 Å². The second-order valence-corrected chi connectivity index (χ2v) is 9.56. The van der Waals surface area contributed by atoms with Gasteiger partial charge in [-0.25, -0.2) is 14.4 Å². The third-order valence-corrected chi connectivity index (χ3v) is 6.78. The maximum Gasteiger partial charge on any atom is 0.254 e. The van der Waals surface area contributed by atoms with E-state index < -0.39 is 11.7 Å². The van der Waals surface area contributed by atoms with Gasteiger partial charge in [0.2, 0.25) is 17.7 Å². The number of nitrogens with one attached hydrogen (secondary N) is 1. The zero-order chi connectivity index (χ0) is 25.6. The Hall–Kier alpha value is -3.82. The molecule has 9 nitrogen and oxygen atoms in total. The number of carbonyl (C=O) groups excluding carboxylic acids is 1. The molecule has 1 aliphatic carbocycles. The van der Waals surface area contributed by atoms with Gasteiger partial charge in [0.05, 0.1) is 17.7 Å². The van der Waals surface area contributed by atoms with Crippen LogP contribution in [0.1, 0.15) is 60.7 Å². The number of aromatic nitrogens is 4. The van der Waals surface area contributed by atoms with Crippen molar-refractivity contribution in [2.75, 3.05) is 31.1 Å². The zero-order valence-electron chi connectivity index (χ0n) is 20.7. The summed E-state index contributed by atoms with van der Waals surface area (Å²) in [5.74, 6) is 2.37. The largest absolute Gasteiger partial charge is 0.493 e. The third kappa shape index (κ3) is 6.31. The van der Waals surface area contributed by atoms with Gasteiger partial charge in [0, 0.05) is 44.0 Å². The Bertz CT molecular complexity index is 1220. The number of carbonyl (C=O) groups is 1. The molecule has 0 spiro atoms. The van der Waals surface area contributed by atoms with E-state index in [4.69, 9.17) is 9.26 Å². The number of piperidine rings is 1. The molecular weight excluding hydrogens is 475 g/mol. The molecule has 0 atom stereocenters. The average Bonchev–Trinajstić information content (AvgIpc) is 3.66. The van der Waals surface area contributed by atoms with Crippen LogP contribution < -0.4 is 15.0 Å². The molecule has 1 saturated carbocycles. The van der Waals surface area contributed by atoms with E-state index in [1.54, 1.807) is 24.5 Å². The number of benzene rings is 1. The SMILES string of the molecule is C=CCNC(=O)c1ccc(OCCCC2CCN(c3ncc(-c4noc(C5CC5)n4)cn3)CC2)cc1F. The van der Waals surface area contributed by atoms with Gasteiger partial charge >= 0.3 is 0 Å². The molecule has 37 heavy (non-hydrogen) atoms. The topological polar surface area (TPSA) is 106 Å². The van der Waals surface area contributed by atoms with Crippen molar-refractivity contribution in [3.63, 3.8) is 0 Å². The van der Waals surface area contributed by atoms with Gasteiger partial charge in [0.1, 0.15) is 11.6 Å². The molecule has 2 fully saturated rings. The van der Waals surface area contributed by atoms with Crippen molar-refractivity contribution in [3.8, 4) is 17.1 Å². The van der Waals surface area contributed by atoms with Gasteiger partial charge in [0.25, 0.3) is 5.91 Å². The smallest absolute Gasteiger partial charge is 0.254 e. The van der Waals surface area contributed by atoms with Crippen LogP contribution in [0, 0.1) is 11.7 Å². The predicted octanol–water partition coefficient (Wildman–Crippen LogP) is 4.53. The summed E-state index contributed by atoms with van der Waals surface area (Å²) in [6, 6.07) is 4.33. The van der Waals surface area contributed by atoms with E-state index in [1.165, 1.54) is 12.1 Å². The van der Waals surface area contributed by atoms with E-state index in [2.05, 4.69) is 36.9 Å². The Labute approximate surface area is 215 Å². The van der Waals surface area contributed by atoms with E-state index in [0.29, 0.717) is 35.9 Å². The van der Waals surface area contributed by atoms with Crippen molar-refractivity contribution in [2.45, 2.75) is 44.4 Å². The summed E-state index contributed by atoms with van der Waals surface area (Å²) >= 11 is 0. The fourth-order valence-corrected chi connectivity index (χ4v) is 4.46. The summed E-state index contributed by atoms with van der Waals surface area (Å²) in [5.41, 5.74) is 0.761. The summed E-state index contributed by atoms with van der Waals surface area (Å²) < 4.78 is 25.3. The van der Waals surface area contributed by atoms with Crippen molar-refractivity contribution in [1.82, 2.24) is 25.4 Å². The maximum atomic E-state index is 14.3. The lowest BCUT2D eigenvalue weighted by atomic mass is 9.92. The van der Waals surface area contributed by atoms with Crippen molar-refractivity contribution in [2.24, 2.45) is 5.92 Å². The fraction of sp³-hybridized carbons (Fsp3) is 0.444. The van der Waals surface area contributed by atoms with Crippen LogP contribution in [0.3, 0.4) is 0 Å². The number of ether oxygens (including phenoxy) is 1. The number of amides is 1. The molecule has 1 aromatic carbocycles. The Morgan fingerprint density at radius 1 is 1.22 bits per heavy atom. The van der Waals surface area contributed by atoms with Crippen LogP contribution in [-0.4, -0.2) is 52.3 Å². The van der Waals surface area contributed by atoms with Gasteiger partial charge in [-0.15, -0.1) is 6.58 Å². The lowest BCUT2D eigenvalue weighted by molar-refractivity contribution is 0.0954. The molecule has 3 aromatic rings. The van der Waals surface area contributed by atoms with E-state index in [-0.39, 0.29) is 12.1 Å². The molecule has 3 heterocycles. The Kier molecular flexibility index (Phi) is 7.72. The minimum absolute atomic E-state index is 0.00268. The highest BCUT2D eigenvalue weighted by molar-refractivity contribution is 5.94. The molecule has 1 amide bonds. The maximum absolute atomic E-state index is 14.3. The summed E-state index contributed by atoms with van der Waals surface area (Å²) in [4.78, 5) is 27.7. The number of anilines is 1. The van der Waals surface area contributed by atoms with Gasteiger partial charge < -0.3 is 19.5 Å². The van der Waals surface area contributed by atoms with E-state index in [9.17, 15) is 9.18 Å². The van der Waals surface area contributed by atoms with Gasteiger partial charge in [-0.2, -0.15) is 4.98 Å². The second-order valence-electron chi connectivity index (χ2n) is 9.56. The number of nitrogens with zero attached hydrogens (tertiary/aromatic N) is 5. The molecule has 1 aliphatic heterocycles. The second kappa shape index (κ2) is 11.5. The number of hydrogen-bond acceptors (Lipinski definition) is 8. The minimum Gasteiger partial charge on any atom is -0.493 e. The first-order valence-corrected chi connectivity index (χ1v) is 12.8. The molecule has 194 valence electrons. The Morgan fingerprint density at radius 2 is 2.00 bits per heavy atom. The summed E-state index contributed by atoms with van der Waals surface area (Å²) in [7, 11) is 0. The van der Waals surface area contributed by atoms with E-state index >= 15 is 0 Å². The lowest BCUT2D eigenvalue weighted by Crippen LogP contribution is -2.34. The molecule has 5 rings (SSSR count). The van der Waals surface area contributed by atoms with Crippen LogP contribution >= 0.6 is 0 Å². The molecule has 0 unspecified atom stereocenters. The van der Waals surface area contributed by atoms with Crippen molar-refractivity contribution in [1.29, 1.82) is 0 Å². The quantitative estimate of drug-likeness (QED) is 0.299. The number of hydrogen-bond donors (Lipinski definition) is 1. The monoisotopic (exact) mass is 506 g/mol. The zero-order valence-corrected chi connectivity index (χ0v) is 20.7. The molecule has 0 bridgehead atoms. The summed E-state index contributed by atoms with van der Waals surface area (Å²) in [5, 5.41) is 6.62. The van der Waals surface area contributed by atoms with Crippen molar-refractivity contribution >= 4 is 11.9 Å². The van der Waals surface area contributed by atoms with E-state index in [0.717, 1.165) is 63.1 Å². The summed E-state index contributed by atoms with van der Waals surface area (Å²) in [6.45, 7) is 6.13. The normalized spacial score (nSPS) is 16.0. The highest BCUT2D eigenvalue weighted by atomic mass is 19.1. The van der Waals surface area contributed by atoms with Gasteiger partial charge in [-0.3, -0.25) is 4.79 Å². The van der Waals surface area contributed by atoms with Crippen molar-refractivity contribution < 1.29 is 18.4 Å². The van der Waals surface area contributed by atoms with Crippen molar-refractivity contribution in [3.05, 3.63) is 60.5 Å². The molecule has 10 heteroatoms. The van der Waals surface area contributed by atoms with Gasteiger partial charge in [-0.05, 0) is 56.6 Å². The minimum atomic E-state index is -0.595. The fourth-order valence-electron chi connectivity index (χ4n) is 4.46. The molecular formula is C27H31FN6O3. The first kappa shape index (κ1) is 24.9. The van der Waals surface area contributed by atoms with Crippen LogP contribution in [0.2, 0.25) is 0 Å². The Balaban J connectivity index is 1.02. The van der Waals surface area contributed by atoms with E-state index in [1.807, 2.05) is 0 Å². The highest BCUT2D eigenvalue weighted by Crippen LogP contribution is 2.39. The molecule has 1 saturated heterocycles.